The maximum atomic E-state index is 12.4. The molecule has 0 saturated heterocycles. The third-order valence-corrected chi connectivity index (χ3v) is 5.40. The fraction of sp³-hybridized carbons (Fsp3) is 0.474. The molecule has 1 aliphatic carbocycles. The quantitative estimate of drug-likeness (QED) is 0.822. The fourth-order valence-electron chi connectivity index (χ4n) is 3.19. The molecular formula is C19H24ClN3O. The van der Waals surface area contributed by atoms with Crippen LogP contribution in [0.1, 0.15) is 41.8 Å². The van der Waals surface area contributed by atoms with E-state index in [1.807, 2.05) is 47.8 Å². The zero-order chi connectivity index (χ0) is 17.3. The van der Waals surface area contributed by atoms with Gasteiger partial charge < -0.3 is 4.90 Å². The van der Waals surface area contributed by atoms with Crippen molar-refractivity contribution in [2.45, 2.75) is 46.2 Å². The number of rotatable bonds is 5. The number of carbonyl (C=O) groups excluding carboxylic acids is 1. The van der Waals surface area contributed by atoms with Gasteiger partial charge in [-0.05, 0) is 38.3 Å². The Kier molecular flexibility index (Phi) is 4.95. The summed E-state index contributed by atoms with van der Waals surface area (Å²) in [5.41, 5.74) is 4.26. The normalized spacial score (nSPS) is 14.5. The Morgan fingerprint density at radius 2 is 2.04 bits per heavy atom. The second kappa shape index (κ2) is 6.98. The first-order chi connectivity index (χ1) is 11.5. The Morgan fingerprint density at radius 3 is 2.67 bits per heavy atom. The SMILES string of the molecule is Cc1nn(Cc2ccccc2Cl)c(C)c1CN(C)C(=O)C1CCC1. The molecule has 1 fully saturated rings. The second-order valence-electron chi connectivity index (χ2n) is 6.72. The third kappa shape index (κ3) is 3.34. The third-order valence-electron chi connectivity index (χ3n) is 5.04. The van der Waals surface area contributed by atoms with Crippen molar-refractivity contribution >= 4 is 17.5 Å². The molecule has 1 heterocycles. The molecule has 4 nitrogen and oxygen atoms in total. The molecule has 3 rings (SSSR count). The molecule has 5 heteroatoms. The maximum absolute atomic E-state index is 12.4. The van der Waals surface area contributed by atoms with Gasteiger partial charge in [0.15, 0.2) is 0 Å². The van der Waals surface area contributed by atoms with E-state index in [1.165, 1.54) is 6.42 Å². The average Bonchev–Trinajstić information content (AvgIpc) is 2.75. The minimum atomic E-state index is 0.230. The van der Waals surface area contributed by atoms with Crippen molar-refractivity contribution in [3.05, 3.63) is 51.8 Å². The topological polar surface area (TPSA) is 38.1 Å². The summed E-state index contributed by atoms with van der Waals surface area (Å²) in [6, 6.07) is 7.83. The van der Waals surface area contributed by atoms with Gasteiger partial charge in [-0.3, -0.25) is 9.48 Å². The lowest BCUT2D eigenvalue weighted by Gasteiger charge is -2.29. The number of aromatic nitrogens is 2. The molecule has 0 bridgehead atoms. The largest absolute Gasteiger partial charge is 0.341 e. The van der Waals surface area contributed by atoms with Crippen molar-refractivity contribution in [3.63, 3.8) is 0 Å². The van der Waals surface area contributed by atoms with Crippen LogP contribution >= 0.6 is 11.6 Å². The molecule has 0 aliphatic heterocycles. The van der Waals surface area contributed by atoms with E-state index >= 15 is 0 Å². The summed E-state index contributed by atoms with van der Waals surface area (Å²) in [5, 5.41) is 5.41. The lowest BCUT2D eigenvalue weighted by Crippen LogP contribution is -2.35. The molecule has 128 valence electrons. The van der Waals surface area contributed by atoms with Crippen LogP contribution in [0.4, 0.5) is 0 Å². The van der Waals surface area contributed by atoms with E-state index < -0.39 is 0 Å². The Balaban J connectivity index is 1.76. The highest BCUT2D eigenvalue weighted by molar-refractivity contribution is 6.31. The van der Waals surface area contributed by atoms with E-state index in [-0.39, 0.29) is 11.8 Å². The van der Waals surface area contributed by atoms with Crippen LogP contribution in [-0.2, 0) is 17.9 Å². The smallest absolute Gasteiger partial charge is 0.225 e. The number of nitrogens with zero attached hydrogens (tertiary/aromatic N) is 3. The first kappa shape index (κ1) is 17.0. The van der Waals surface area contributed by atoms with Crippen molar-refractivity contribution < 1.29 is 4.79 Å². The van der Waals surface area contributed by atoms with Crippen molar-refractivity contribution in [1.82, 2.24) is 14.7 Å². The monoisotopic (exact) mass is 345 g/mol. The van der Waals surface area contributed by atoms with E-state index in [9.17, 15) is 4.79 Å². The Bertz CT molecular complexity index is 749. The zero-order valence-electron chi connectivity index (χ0n) is 14.6. The first-order valence-corrected chi connectivity index (χ1v) is 8.86. The molecular weight excluding hydrogens is 322 g/mol. The molecule has 1 aliphatic rings. The van der Waals surface area contributed by atoms with Crippen LogP contribution < -0.4 is 0 Å². The Labute approximate surface area is 148 Å². The van der Waals surface area contributed by atoms with Gasteiger partial charge in [0.1, 0.15) is 0 Å². The van der Waals surface area contributed by atoms with Gasteiger partial charge in [0.25, 0.3) is 0 Å². The number of aryl methyl sites for hydroxylation is 1. The van der Waals surface area contributed by atoms with Crippen molar-refractivity contribution in [2.75, 3.05) is 7.05 Å². The number of amides is 1. The van der Waals surface area contributed by atoms with Crippen molar-refractivity contribution in [3.8, 4) is 0 Å². The average molecular weight is 346 g/mol. The Hall–Kier alpha value is -1.81. The molecule has 0 atom stereocenters. The lowest BCUT2D eigenvalue weighted by atomic mass is 9.84. The van der Waals surface area contributed by atoms with Crippen LogP contribution in [0.5, 0.6) is 0 Å². The zero-order valence-corrected chi connectivity index (χ0v) is 15.3. The van der Waals surface area contributed by atoms with Gasteiger partial charge in [0.05, 0.1) is 12.2 Å². The van der Waals surface area contributed by atoms with Gasteiger partial charge >= 0.3 is 0 Å². The van der Waals surface area contributed by atoms with Crippen LogP contribution in [-0.4, -0.2) is 27.6 Å². The van der Waals surface area contributed by atoms with E-state index in [0.717, 1.165) is 40.4 Å². The number of halogens is 1. The van der Waals surface area contributed by atoms with Crippen LogP contribution in [0.3, 0.4) is 0 Å². The van der Waals surface area contributed by atoms with Crippen molar-refractivity contribution in [2.24, 2.45) is 5.92 Å². The van der Waals surface area contributed by atoms with Crippen molar-refractivity contribution in [1.29, 1.82) is 0 Å². The maximum Gasteiger partial charge on any atom is 0.225 e. The number of benzene rings is 1. The number of hydrogen-bond acceptors (Lipinski definition) is 2. The molecule has 1 aromatic carbocycles. The molecule has 0 unspecified atom stereocenters. The van der Waals surface area contributed by atoms with Gasteiger partial charge in [-0.1, -0.05) is 36.2 Å². The molecule has 24 heavy (non-hydrogen) atoms. The molecule has 0 N–H and O–H groups in total. The fourth-order valence-corrected chi connectivity index (χ4v) is 3.38. The summed E-state index contributed by atoms with van der Waals surface area (Å²) in [6.45, 7) is 5.34. The van der Waals surface area contributed by atoms with Crippen LogP contribution in [0.25, 0.3) is 0 Å². The summed E-state index contributed by atoms with van der Waals surface area (Å²) < 4.78 is 1.98. The molecule has 1 amide bonds. The molecule has 1 saturated carbocycles. The van der Waals surface area contributed by atoms with E-state index in [1.54, 1.807) is 0 Å². The van der Waals surface area contributed by atoms with Crippen LogP contribution in [0.2, 0.25) is 5.02 Å². The first-order valence-electron chi connectivity index (χ1n) is 8.48. The van der Waals surface area contributed by atoms with E-state index in [2.05, 4.69) is 12.0 Å². The molecule has 2 aromatic rings. The molecule has 0 spiro atoms. The minimum absolute atomic E-state index is 0.230. The molecule has 1 aromatic heterocycles. The summed E-state index contributed by atoms with van der Waals surface area (Å²) >= 11 is 6.26. The summed E-state index contributed by atoms with van der Waals surface area (Å²) in [4.78, 5) is 14.2. The minimum Gasteiger partial charge on any atom is -0.341 e. The van der Waals surface area contributed by atoms with Gasteiger partial charge in [-0.15, -0.1) is 0 Å². The summed E-state index contributed by atoms with van der Waals surface area (Å²) in [5.74, 6) is 0.493. The van der Waals surface area contributed by atoms with E-state index in [4.69, 9.17) is 11.6 Å². The second-order valence-corrected chi connectivity index (χ2v) is 7.13. The Morgan fingerprint density at radius 1 is 1.33 bits per heavy atom. The van der Waals surface area contributed by atoms with Gasteiger partial charge in [0, 0.05) is 35.8 Å². The molecule has 0 radical (unpaired) electrons. The van der Waals surface area contributed by atoms with E-state index in [0.29, 0.717) is 13.1 Å². The predicted molar refractivity (Wildman–Crippen MR) is 96.1 cm³/mol. The van der Waals surface area contributed by atoms with Gasteiger partial charge in [-0.2, -0.15) is 5.10 Å². The highest BCUT2D eigenvalue weighted by atomic mass is 35.5. The predicted octanol–water partition coefficient (Wildman–Crippen LogP) is 3.96. The standard InChI is InChI=1S/C19H24ClN3O/c1-13-17(12-22(3)19(24)15-8-6-9-15)14(2)23(21-13)11-16-7-4-5-10-18(16)20/h4-5,7,10,15H,6,8-9,11-12H2,1-3H3. The van der Waals surface area contributed by atoms with Crippen LogP contribution in [0.15, 0.2) is 24.3 Å². The highest BCUT2D eigenvalue weighted by Gasteiger charge is 2.28. The van der Waals surface area contributed by atoms with Crippen LogP contribution in [0, 0.1) is 19.8 Å². The van der Waals surface area contributed by atoms with Gasteiger partial charge in [0.2, 0.25) is 5.91 Å². The number of carbonyl (C=O) groups is 1. The summed E-state index contributed by atoms with van der Waals surface area (Å²) in [6.07, 6.45) is 3.25. The highest BCUT2D eigenvalue weighted by Crippen LogP contribution is 2.29. The lowest BCUT2D eigenvalue weighted by molar-refractivity contribution is -0.137. The summed E-state index contributed by atoms with van der Waals surface area (Å²) in [7, 11) is 1.89. The van der Waals surface area contributed by atoms with Gasteiger partial charge in [-0.25, -0.2) is 0 Å². The number of hydrogen-bond donors (Lipinski definition) is 0.